The Morgan fingerprint density at radius 1 is 1.00 bits per heavy atom. The second kappa shape index (κ2) is 7.39. The number of pyridine rings is 1. The summed E-state index contributed by atoms with van der Waals surface area (Å²) in [7, 11) is 0. The molecule has 2 aliphatic rings. The number of amides is 2. The average Bonchev–Trinajstić information content (AvgIpc) is 2.73. The Morgan fingerprint density at radius 3 is 2.56 bits per heavy atom. The second-order valence-electron chi connectivity index (χ2n) is 7.08. The van der Waals surface area contributed by atoms with Crippen LogP contribution in [-0.4, -0.2) is 54.4 Å². The van der Waals surface area contributed by atoms with E-state index < -0.39 is 0 Å². The van der Waals surface area contributed by atoms with Gasteiger partial charge in [0.25, 0.3) is 5.91 Å². The molecule has 27 heavy (non-hydrogen) atoms. The number of fused-ring (bicyclic) bond motifs is 1. The van der Waals surface area contributed by atoms with E-state index in [1.807, 2.05) is 34.1 Å². The molecule has 6 nitrogen and oxygen atoms in total. The minimum absolute atomic E-state index is 0.0215. The largest absolute Gasteiger partial charge is 0.353 e. The van der Waals surface area contributed by atoms with E-state index in [0.717, 1.165) is 44.0 Å². The summed E-state index contributed by atoms with van der Waals surface area (Å²) in [6.45, 7) is 5.19. The first-order chi connectivity index (χ1) is 13.1. The maximum Gasteiger partial charge on any atom is 0.258 e. The van der Waals surface area contributed by atoms with Gasteiger partial charge in [0.1, 0.15) is 5.82 Å². The van der Waals surface area contributed by atoms with E-state index in [2.05, 4.69) is 16.0 Å². The molecule has 4 rings (SSSR count). The Labute approximate surface area is 159 Å². The number of benzene rings is 1. The third kappa shape index (κ3) is 3.52. The van der Waals surface area contributed by atoms with E-state index in [4.69, 9.17) is 0 Å². The molecule has 2 amide bonds. The number of rotatable bonds is 2. The van der Waals surface area contributed by atoms with Gasteiger partial charge in [-0.1, -0.05) is 18.2 Å². The predicted molar refractivity (Wildman–Crippen MR) is 105 cm³/mol. The maximum atomic E-state index is 13.2. The highest BCUT2D eigenvalue weighted by Crippen LogP contribution is 2.28. The van der Waals surface area contributed by atoms with E-state index in [1.165, 1.54) is 5.56 Å². The van der Waals surface area contributed by atoms with E-state index in [-0.39, 0.29) is 11.8 Å². The zero-order chi connectivity index (χ0) is 18.8. The summed E-state index contributed by atoms with van der Waals surface area (Å²) in [5, 5.41) is 0. The van der Waals surface area contributed by atoms with Gasteiger partial charge in [-0.2, -0.15) is 0 Å². The summed E-state index contributed by atoms with van der Waals surface area (Å²) in [6, 6.07) is 11.8. The van der Waals surface area contributed by atoms with Crippen molar-refractivity contribution in [3.05, 3.63) is 53.7 Å². The fraction of sp³-hybridized carbons (Fsp3) is 0.381. The lowest BCUT2D eigenvalue weighted by Crippen LogP contribution is -2.48. The smallest absolute Gasteiger partial charge is 0.258 e. The fourth-order valence-electron chi connectivity index (χ4n) is 3.88. The van der Waals surface area contributed by atoms with Gasteiger partial charge in [0, 0.05) is 57.1 Å². The zero-order valence-electron chi connectivity index (χ0n) is 15.6. The van der Waals surface area contributed by atoms with Crippen molar-refractivity contribution < 1.29 is 9.59 Å². The van der Waals surface area contributed by atoms with Gasteiger partial charge < -0.3 is 14.7 Å². The molecular weight excluding hydrogens is 340 g/mol. The van der Waals surface area contributed by atoms with Crippen LogP contribution in [-0.2, 0) is 11.2 Å². The molecule has 1 aromatic carbocycles. The van der Waals surface area contributed by atoms with Crippen molar-refractivity contribution >= 4 is 23.3 Å². The number of hydrogen-bond acceptors (Lipinski definition) is 4. The molecule has 0 bridgehead atoms. The quantitative estimate of drug-likeness (QED) is 0.821. The highest BCUT2D eigenvalue weighted by Gasteiger charge is 2.25. The Bertz CT molecular complexity index is 859. The molecule has 3 heterocycles. The van der Waals surface area contributed by atoms with Crippen molar-refractivity contribution in [1.29, 1.82) is 0 Å². The number of piperazine rings is 1. The van der Waals surface area contributed by atoms with Crippen LogP contribution in [0.5, 0.6) is 0 Å². The van der Waals surface area contributed by atoms with Gasteiger partial charge in [-0.3, -0.25) is 9.59 Å². The lowest BCUT2D eigenvalue weighted by atomic mass is 10.0. The summed E-state index contributed by atoms with van der Waals surface area (Å²) in [5.74, 6) is 0.929. The monoisotopic (exact) mass is 364 g/mol. The third-order valence-corrected chi connectivity index (χ3v) is 5.40. The van der Waals surface area contributed by atoms with Crippen molar-refractivity contribution in [1.82, 2.24) is 9.88 Å². The summed E-state index contributed by atoms with van der Waals surface area (Å²) >= 11 is 0. The van der Waals surface area contributed by atoms with Crippen molar-refractivity contribution in [2.75, 3.05) is 42.5 Å². The first-order valence-corrected chi connectivity index (χ1v) is 9.50. The van der Waals surface area contributed by atoms with Crippen LogP contribution in [0, 0.1) is 0 Å². The van der Waals surface area contributed by atoms with E-state index in [0.29, 0.717) is 18.7 Å². The van der Waals surface area contributed by atoms with Crippen molar-refractivity contribution in [3.63, 3.8) is 0 Å². The number of hydrogen-bond donors (Lipinski definition) is 0. The lowest BCUT2D eigenvalue weighted by molar-refractivity contribution is -0.129. The Hall–Kier alpha value is -2.89. The predicted octanol–water partition coefficient (Wildman–Crippen LogP) is 2.34. The van der Waals surface area contributed by atoms with E-state index >= 15 is 0 Å². The van der Waals surface area contributed by atoms with Crippen LogP contribution in [0.2, 0.25) is 0 Å². The molecule has 1 fully saturated rings. The molecule has 1 saturated heterocycles. The van der Waals surface area contributed by atoms with Crippen molar-refractivity contribution in [2.24, 2.45) is 0 Å². The van der Waals surface area contributed by atoms with Gasteiger partial charge in [0.15, 0.2) is 0 Å². The molecular formula is C21H24N4O2. The van der Waals surface area contributed by atoms with Gasteiger partial charge in [-0.05, 0) is 36.6 Å². The summed E-state index contributed by atoms with van der Waals surface area (Å²) in [4.78, 5) is 35.0. The van der Waals surface area contributed by atoms with Crippen LogP contribution < -0.4 is 9.80 Å². The molecule has 0 unspecified atom stereocenters. The molecule has 0 saturated carbocycles. The second-order valence-corrected chi connectivity index (χ2v) is 7.08. The molecule has 140 valence electrons. The van der Waals surface area contributed by atoms with E-state index in [9.17, 15) is 9.59 Å². The molecule has 0 N–H and O–H groups in total. The minimum Gasteiger partial charge on any atom is -0.353 e. The number of carbonyl (C=O) groups excluding carboxylic acids is 2. The van der Waals surface area contributed by atoms with E-state index in [1.54, 1.807) is 19.2 Å². The molecule has 2 aromatic rings. The van der Waals surface area contributed by atoms with Gasteiger partial charge >= 0.3 is 0 Å². The lowest BCUT2D eigenvalue weighted by Gasteiger charge is -2.35. The van der Waals surface area contributed by atoms with Crippen LogP contribution >= 0.6 is 0 Å². The number of para-hydroxylation sites is 1. The first kappa shape index (κ1) is 17.5. The highest BCUT2D eigenvalue weighted by atomic mass is 16.2. The number of aromatic nitrogens is 1. The number of carbonyl (C=O) groups is 2. The normalized spacial score (nSPS) is 16.9. The summed E-state index contributed by atoms with van der Waals surface area (Å²) < 4.78 is 0. The molecule has 0 atom stereocenters. The Kier molecular flexibility index (Phi) is 4.79. The van der Waals surface area contributed by atoms with Crippen LogP contribution in [0.25, 0.3) is 0 Å². The topological polar surface area (TPSA) is 56.8 Å². The van der Waals surface area contributed by atoms with Gasteiger partial charge in [0.05, 0.1) is 0 Å². The standard InChI is InChI=1S/C21H24N4O2/c1-16(26)23-11-13-24(14-12-23)20-15-18(8-9-22-20)21(27)25-10-4-6-17-5-2-3-7-19(17)25/h2-3,5,7-9,15H,4,6,10-14H2,1H3. The van der Waals surface area contributed by atoms with Crippen molar-refractivity contribution in [3.8, 4) is 0 Å². The molecule has 6 heteroatoms. The number of aryl methyl sites for hydroxylation is 1. The zero-order valence-corrected chi connectivity index (χ0v) is 15.6. The average molecular weight is 364 g/mol. The summed E-state index contributed by atoms with van der Waals surface area (Å²) in [6.07, 6.45) is 3.70. The molecule has 0 radical (unpaired) electrons. The van der Waals surface area contributed by atoms with Crippen molar-refractivity contribution in [2.45, 2.75) is 19.8 Å². The molecule has 2 aliphatic heterocycles. The number of anilines is 2. The Balaban J connectivity index is 1.53. The number of nitrogens with zero attached hydrogens (tertiary/aromatic N) is 4. The maximum absolute atomic E-state index is 13.2. The molecule has 0 aliphatic carbocycles. The Morgan fingerprint density at radius 2 is 1.78 bits per heavy atom. The van der Waals surface area contributed by atoms with Crippen LogP contribution in [0.15, 0.2) is 42.6 Å². The first-order valence-electron chi connectivity index (χ1n) is 9.50. The van der Waals surface area contributed by atoms with Gasteiger partial charge in [0.2, 0.25) is 5.91 Å². The third-order valence-electron chi connectivity index (χ3n) is 5.40. The van der Waals surface area contributed by atoms with Crippen LogP contribution in [0.3, 0.4) is 0 Å². The van der Waals surface area contributed by atoms with Crippen LogP contribution in [0.4, 0.5) is 11.5 Å². The highest BCUT2D eigenvalue weighted by molar-refractivity contribution is 6.07. The fourth-order valence-corrected chi connectivity index (χ4v) is 3.88. The van der Waals surface area contributed by atoms with Crippen LogP contribution in [0.1, 0.15) is 29.3 Å². The SMILES string of the molecule is CC(=O)N1CCN(c2cc(C(=O)N3CCCc4ccccc43)ccn2)CC1. The molecule has 1 aromatic heterocycles. The minimum atomic E-state index is 0.0215. The van der Waals surface area contributed by atoms with Gasteiger partial charge in [-0.15, -0.1) is 0 Å². The van der Waals surface area contributed by atoms with Gasteiger partial charge in [-0.25, -0.2) is 4.98 Å². The molecule has 0 spiro atoms. The summed E-state index contributed by atoms with van der Waals surface area (Å²) in [5.41, 5.74) is 2.90.